The van der Waals surface area contributed by atoms with E-state index in [1.54, 1.807) is 39.8 Å². The fraction of sp³-hybridized carbons (Fsp3) is 0.619. The zero-order chi connectivity index (χ0) is 25.8. The lowest BCUT2D eigenvalue weighted by molar-refractivity contribution is -0.234. The standard InChI is InChI=1S/C21H31NO11S/c1-11-6-8-12(9-7-11)34(28,29)31-10-13-15(23)16(24)17(25)18(32-13)14(19(26)30-5)22-20(27)33-21(2,3)4/h6-9,13-18,23-25H,10H2,1-5H3,(H,22,27)/t13?,14?,15-,16-,17?,18+/m0/s1. The number of methoxy groups -OCH3 is 1. The van der Waals surface area contributed by atoms with E-state index in [9.17, 15) is 33.3 Å². The molecule has 13 heteroatoms. The summed E-state index contributed by atoms with van der Waals surface area (Å²) in [5.74, 6) is -1.04. The minimum atomic E-state index is -4.25. The van der Waals surface area contributed by atoms with E-state index >= 15 is 0 Å². The molecule has 2 rings (SSSR count). The largest absolute Gasteiger partial charge is 0.467 e. The first-order chi connectivity index (χ1) is 15.7. The number of hydrogen-bond donors (Lipinski definition) is 4. The lowest BCUT2D eigenvalue weighted by Gasteiger charge is -2.42. The van der Waals surface area contributed by atoms with Crippen LogP contribution in [0.3, 0.4) is 0 Å². The summed E-state index contributed by atoms with van der Waals surface area (Å²) in [7, 11) is -3.22. The van der Waals surface area contributed by atoms with Crippen LogP contribution in [-0.2, 0) is 33.3 Å². The van der Waals surface area contributed by atoms with Crippen LogP contribution in [0.15, 0.2) is 29.2 Å². The Morgan fingerprint density at radius 2 is 1.68 bits per heavy atom. The van der Waals surface area contributed by atoms with E-state index in [2.05, 4.69) is 10.1 Å². The van der Waals surface area contributed by atoms with Crippen molar-refractivity contribution in [1.82, 2.24) is 5.32 Å². The van der Waals surface area contributed by atoms with Crippen molar-refractivity contribution in [3.8, 4) is 0 Å². The smallest absolute Gasteiger partial charge is 0.408 e. The van der Waals surface area contributed by atoms with Crippen molar-refractivity contribution in [1.29, 1.82) is 0 Å². The first-order valence-electron chi connectivity index (χ1n) is 10.4. The Morgan fingerprint density at radius 1 is 1.09 bits per heavy atom. The number of rotatable bonds is 7. The van der Waals surface area contributed by atoms with Gasteiger partial charge < -0.3 is 34.8 Å². The van der Waals surface area contributed by atoms with Crippen LogP contribution in [0.2, 0.25) is 0 Å². The van der Waals surface area contributed by atoms with Crippen molar-refractivity contribution in [2.45, 2.75) is 74.8 Å². The molecule has 1 aliphatic heterocycles. The lowest BCUT2D eigenvalue weighted by atomic mass is 9.91. The summed E-state index contributed by atoms with van der Waals surface area (Å²) in [6.45, 7) is 5.80. The second-order valence-electron chi connectivity index (χ2n) is 8.81. The number of benzene rings is 1. The maximum Gasteiger partial charge on any atom is 0.408 e. The predicted octanol–water partition coefficient (Wildman–Crippen LogP) is -0.383. The van der Waals surface area contributed by atoms with Gasteiger partial charge in [0.1, 0.15) is 36.1 Å². The van der Waals surface area contributed by atoms with Gasteiger partial charge in [0.25, 0.3) is 10.1 Å². The minimum Gasteiger partial charge on any atom is -0.467 e. The van der Waals surface area contributed by atoms with Gasteiger partial charge in [0.2, 0.25) is 0 Å². The summed E-state index contributed by atoms with van der Waals surface area (Å²) in [6, 6.07) is 4.15. The van der Waals surface area contributed by atoms with E-state index in [0.29, 0.717) is 0 Å². The highest BCUT2D eigenvalue weighted by molar-refractivity contribution is 7.86. The van der Waals surface area contributed by atoms with Crippen molar-refractivity contribution < 1.29 is 51.7 Å². The molecule has 1 aromatic rings. The summed E-state index contributed by atoms with van der Waals surface area (Å²) in [5.41, 5.74) is -0.0796. The molecule has 1 aliphatic rings. The molecule has 34 heavy (non-hydrogen) atoms. The zero-order valence-corrected chi connectivity index (χ0v) is 20.3. The molecule has 0 saturated carbocycles. The third kappa shape index (κ3) is 7.10. The summed E-state index contributed by atoms with van der Waals surface area (Å²) in [4.78, 5) is 24.4. The Balaban J connectivity index is 2.21. The van der Waals surface area contributed by atoms with Crippen molar-refractivity contribution in [3.05, 3.63) is 29.8 Å². The Kier molecular flexibility index (Phi) is 9.02. The van der Waals surface area contributed by atoms with Gasteiger partial charge in [-0.1, -0.05) is 17.7 Å². The number of aliphatic hydroxyl groups is 3. The molecule has 0 radical (unpaired) electrons. The topological polar surface area (TPSA) is 178 Å². The van der Waals surface area contributed by atoms with Crippen LogP contribution in [0.4, 0.5) is 4.79 Å². The number of aliphatic hydroxyl groups excluding tert-OH is 3. The molecule has 0 spiro atoms. The number of nitrogens with one attached hydrogen (secondary N) is 1. The van der Waals surface area contributed by atoms with E-state index in [0.717, 1.165) is 12.7 Å². The number of esters is 1. The molecule has 1 amide bonds. The number of hydrogen-bond acceptors (Lipinski definition) is 11. The summed E-state index contributed by atoms with van der Waals surface area (Å²) >= 11 is 0. The number of aryl methyl sites for hydroxylation is 1. The molecule has 1 fully saturated rings. The number of amides is 1. The highest BCUT2D eigenvalue weighted by Gasteiger charge is 2.50. The van der Waals surface area contributed by atoms with Gasteiger partial charge in [0, 0.05) is 0 Å². The van der Waals surface area contributed by atoms with Crippen molar-refractivity contribution in [3.63, 3.8) is 0 Å². The van der Waals surface area contributed by atoms with Crippen LogP contribution in [0.25, 0.3) is 0 Å². The lowest BCUT2D eigenvalue weighted by Crippen LogP contribution is -2.66. The molecule has 0 aromatic heterocycles. The van der Waals surface area contributed by atoms with E-state index in [-0.39, 0.29) is 4.90 Å². The first kappa shape index (κ1) is 28.0. The van der Waals surface area contributed by atoms with Gasteiger partial charge in [-0.05, 0) is 39.8 Å². The first-order valence-corrected chi connectivity index (χ1v) is 11.8. The molecule has 6 atom stereocenters. The summed E-state index contributed by atoms with van der Waals surface area (Å²) in [5, 5.41) is 33.2. The zero-order valence-electron chi connectivity index (χ0n) is 19.5. The molecule has 1 saturated heterocycles. The summed E-state index contributed by atoms with van der Waals surface area (Å²) < 4.78 is 45.2. The normalized spacial score (nSPS) is 26.4. The van der Waals surface area contributed by atoms with Gasteiger partial charge in [-0.3, -0.25) is 4.18 Å². The molecule has 4 N–H and O–H groups in total. The van der Waals surface area contributed by atoms with Gasteiger partial charge in [-0.15, -0.1) is 0 Å². The van der Waals surface area contributed by atoms with Gasteiger partial charge in [0.15, 0.2) is 6.04 Å². The molecule has 0 bridgehead atoms. The maximum atomic E-state index is 12.5. The summed E-state index contributed by atoms with van der Waals surface area (Å²) in [6.07, 6.45) is -9.63. The fourth-order valence-electron chi connectivity index (χ4n) is 3.16. The molecule has 1 aromatic carbocycles. The Morgan fingerprint density at radius 3 is 2.21 bits per heavy atom. The second kappa shape index (κ2) is 11.0. The minimum absolute atomic E-state index is 0.139. The molecule has 3 unspecified atom stereocenters. The quantitative estimate of drug-likeness (QED) is 0.280. The Bertz CT molecular complexity index is 958. The predicted molar refractivity (Wildman–Crippen MR) is 116 cm³/mol. The SMILES string of the molecule is COC(=O)C(NC(=O)OC(C)(C)C)[C@H]1OC(COS(=O)(=O)c2ccc(C)cc2)[C@H](O)[C@H](O)C1O. The Labute approximate surface area is 197 Å². The van der Waals surface area contributed by atoms with Gasteiger partial charge in [-0.2, -0.15) is 8.42 Å². The van der Waals surface area contributed by atoms with Crippen LogP contribution in [0.5, 0.6) is 0 Å². The van der Waals surface area contributed by atoms with E-state index in [4.69, 9.17) is 13.7 Å². The van der Waals surface area contributed by atoms with E-state index < -0.39 is 71.0 Å². The van der Waals surface area contributed by atoms with E-state index in [1.807, 2.05) is 0 Å². The average Bonchev–Trinajstić information content (AvgIpc) is 2.74. The number of carbonyl (C=O) groups is 2. The average molecular weight is 506 g/mol. The van der Waals surface area contributed by atoms with Crippen LogP contribution in [0.1, 0.15) is 26.3 Å². The third-order valence-electron chi connectivity index (χ3n) is 4.90. The van der Waals surface area contributed by atoms with Gasteiger partial charge >= 0.3 is 12.1 Å². The van der Waals surface area contributed by atoms with Crippen LogP contribution in [-0.4, -0.2) is 91.7 Å². The second-order valence-corrected chi connectivity index (χ2v) is 10.4. The monoisotopic (exact) mass is 505 g/mol. The highest BCUT2D eigenvalue weighted by atomic mass is 32.2. The van der Waals surface area contributed by atoms with Gasteiger partial charge in [-0.25, -0.2) is 9.59 Å². The van der Waals surface area contributed by atoms with Crippen molar-refractivity contribution in [2.24, 2.45) is 0 Å². The molecule has 12 nitrogen and oxygen atoms in total. The number of ether oxygens (including phenoxy) is 3. The van der Waals surface area contributed by atoms with Gasteiger partial charge in [0.05, 0.1) is 18.6 Å². The van der Waals surface area contributed by atoms with Crippen LogP contribution in [0, 0.1) is 6.92 Å². The molecular weight excluding hydrogens is 474 g/mol. The Hall–Kier alpha value is -2.29. The molecular formula is C21H31NO11S. The van der Waals surface area contributed by atoms with Crippen molar-refractivity contribution >= 4 is 22.2 Å². The maximum absolute atomic E-state index is 12.5. The number of alkyl carbamates (subject to hydrolysis) is 1. The molecule has 0 aliphatic carbocycles. The van der Waals surface area contributed by atoms with Crippen LogP contribution >= 0.6 is 0 Å². The molecule has 192 valence electrons. The number of carbonyl (C=O) groups excluding carboxylic acids is 2. The third-order valence-corrected chi connectivity index (χ3v) is 6.20. The highest BCUT2D eigenvalue weighted by Crippen LogP contribution is 2.26. The fourth-order valence-corrected chi connectivity index (χ4v) is 4.08. The van der Waals surface area contributed by atoms with Crippen LogP contribution < -0.4 is 5.32 Å². The van der Waals surface area contributed by atoms with Crippen molar-refractivity contribution in [2.75, 3.05) is 13.7 Å². The molecule has 1 heterocycles. The van der Waals surface area contributed by atoms with E-state index in [1.165, 1.54) is 12.1 Å².